The topological polar surface area (TPSA) is 94.9 Å². The first kappa shape index (κ1) is 22.3. The summed E-state index contributed by atoms with van der Waals surface area (Å²) in [7, 11) is 0. The predicted molar refractivity (Wildman–Crippen MR) is 124 cm³/mol. The number of piperidine rings is 1. The highest BCUT2D eigenvalue weighted by atomic mass is 16.7. The SMILES string of the molecule is O=C(C[C@@H]1CCNC[C@H]1Cc1cc(COc2ccccc2)on1)NCc1ccc2c(c1)OCO2. The molecule has 0 aliphatic carbocycles. The van der Waals surface area contributed by atoms with Crippen molar-refractivity contribution in [1.29, 1.82) is 0 Å². The Morgan fingerprint density at radius 1 is 1.09 bits per heavy atom. The minimum Gasteiger partial charge on any atom is -0.486 e. The Bertz CT molecular complexity index is 1100. The number of nitrogens with zero attached hydrogens (tertiary/aromatic N) is 1. The van der Waals surface area contributed by atoms with Crippen molar-refractivity contribution in [2.45, 2.75) is 32.4 Å². The summed E-state index contributed by atoms with van der Waals surface area (Å²) in [5, 5.41) is 10.7. The molecule has 5 rings (SSSR count). The van der Waals surface area contributed by atoms with Gasteiger partial charge >= 0.3 is 0 Å². The third kappa shape index (κ3) is 5.69. The van der Waals surface area contributed by atoms with Gasteiger partial charge < -0.3 is 29.4 Å². The van der Waals surface area contributed by atoms with Gasteiger partial charge in [-0.1, -0.05) is 29.4 Å². The highest BCUT2D eigenvalue weighted by Crippen LogP contribution is 2.32. The number of rotatable bonds is 9. The molecule has 2 aliphatic rings. The Labute approximate surface area is 198 Å². The number of amides is 1. The number of fused-ring (bicyclic) bond motifs is 1. The molecule has 178 valence electrons. The number of ether oxygens (including phenoxy) is 3. The van der Waals surface area contributed by atoms with Gasteiger partial charge in [0, 0.05) is 19.0 Å². The first-order valence-electron chi connectivity index (χ1n) is 11.7. The fraction of sp³-hybridized carbons (Fsp3) is 0.385. The smallest absolute Gasteiger partial charge is 0.231 e. The van der Waals surface area contributed by atoms with Gasteiger partial charge in [-0.2, -0.15) is 0 Å². The van der Waals surface area contributed by atoms with Crippen LogP contribution in [0.3, 0.4) is 0 Å². The van der Waals surface area contributed by atoms with Gasteiger partial charge in [-0.05, 0) is 67.6 Å². The first-order chi connectivity index (χ1) is 16.7. The molecule has 0 saturated carbocycles. The van der Waals surface area contributed by atoms with Crippen LogP contribution in [0.2, 0.25) is 0 Å². The van der Waals surface area contributed by atoms with Crippen molar-refractivity contribution in [3.8, 4) is 17.2 Å². The van der Waals surface area contributed by atoms with E-state index in [1.165, 1.54) is 0 Å². The van der Waals surface area contributed by atoms with E-state index < -0.39 is 0 Å². The molecule has 2 N–H and O–H groups in total. The summed E-state index contributed by atoms with van der Waals surface area (Å²) >= 11 is 0. The summed E-state index contributed by atoms with van der Waals surface area (Å²) in [6.45, 7) is 2.84. The lowest BCUT2D eigenvalue weighted by Crippen LogP contribution is -2.40. The van der Waals surface area contributed by atoms with Crippen molar-refractivity contribution in [1.82, 2.24) is 15.8 Å². The first-order valence-corrected chi connectivity index (χ1v) is 11.7. The van der Waals surface area contributed by atoms with Crippen LogP contribution in [0.15, 0.2) is 59.1 Å². The molecule has 0 radical (unpaired) electrons. The minimum absolute atomic E-state index is 0.0617. The van der Waals surface area contributed by atoms with Gasteiger partial charge in [0.2, 0.25) is 12.7 Å². The second kappa shape index (κ2) is 10.6. The Hall–Kier alpha value is -3.52. The van der Waals surface area contributed by atoms with E-state index in [0.717, 1.165) is 54.4 Å². The summed E-state index contributed by atoms with van der Waals surface area (Å²) in [6, 6.07) is 17.3. The van der Waals surface area contributed by atoms with Gasteiger partial charge in [-0.3, -0.25) is 4.79 Å². The van der Waals surface area contributed by atoms with E-state index in [-0.39, 0.29) is 12.7 Å². The van der Waals surface area contributed by atoms with Crippen molar-refractivity contribution in [3.63, 3.8) is 0 Å². The summed E-state index contributed by atoms with van der Waals surface area (Å²) in [5.74, 6) is 3.63. The maximum atomic E-state index is 12.7. The van der Waals surface area contributed by atoms with Crippen LogP contribution >= 0.6 is 0 Å². The lowest BCUT2D eigenvalue weighted by Gasteiger charge is -2.31. The Balaban J connectivity index is 1.11. The summed E-state index contributed by atoms with van der Waals surface area (Å²) < 4.78 is 22.0. The lowest BCUT2D eigenvalue weighted by atomic mass is 9.81. The van der Waals surface area contributed by atoms with E-state index in [4.69, 9.17) is 18.7 Å². The number of hydrogen-bond donors (Lipinski definition) is 2. The molecule has 1 fully saturated rings. The Kier molecular flexibility index (Phi) is 6.95. The fourth-order valence-corrected chi connectivity index (χ4v) is 4.51. The van der Waals surface area contributed by atoms with Crippen molar-refractivity contribution >= 4 is 5.91 Å². The molecule has 1 aromatic heterocycles. The number of nitrogens with one attached hydrogen (secondary N) is 2. The van der Waals surface area contributed by atoms with E-state index in [2.05, 4.69) is 15.8 Å². The normalized spacial score (nSPS) is 19.1. The van der Waals surface area contributed by atoms with Crippen LogP contribution in [-0.2, 0) is 24.4 Å². The van der Waals surface area contributed by atoms with Crippen LogP contribution in [0.5, 0.6) is 17.2 Å². The lowest BCUT2D eigenvalue weighted by molar-refractivity contribution is -0.122. The van der Waals surface area contributed by atoms with Gasteiger partial charge in [0.15, 0.2) is 17.3 Å². The van der Waals surface area contributed by atoms with E-state index in [0.29, 0.717) is 37.2 Å². The largest absolute Gasteiger partial charge is 0.486 e. The summed E-state index contributed by atoms with van der Waals surface area (Å²) in [6.07, 6.45) is 2.23. The fourth-order valence-electron chi connectivity index (χ4n) is 4.51. The maximum absolute atomic E-state index is 12.7. The molecule has 0 bridgehead atoms. The maximum Gasteiger partial charge on any atom is 0.231 e. The molecule has 0 unspecified atom stereocenters. The summed E-state index contributed by atoms with van der Waals surface area (Å²) in [5.41, 5.74) is 1.89. The molecule has 8 heteroatoms. The molecule has 0 spiro atoms. The number of hydrogen-bond acceptors (Lipinski definition) is 7. The number of carbonyl (C=O) groups is 1. The molecule has 34 heavy (non-hydrogen) atoms. The molecule has 3 heterocycles. The van der Waals surface area contributed by atoms with Crippen molar-refractivity contribution < 1.29 is 23.5 Å². The summed E-state index contributed by atoms with van der Waals surface area (Å²) in [4.78, 5) is 12.7. The minimum atomic E-state index is 0.0617. The quantitative estimate of drug-likeness (QED) is 0.502. The zero-order valence-electron chi connectivity index (χ0n) is 19.0. The Morgan fingerprint density at radius 2 is 1.97 bits per heavy atom. The number of benzene rings is 2. The number of carbonyl (C=O) groups excluding carboxylic acids is 1. The Morgan fingerprint density at radius 3 is 2.88 bits per heavy atom. The van der Waals surface area contributed by atoms with Gasteiger partial charge in [0.25, 0.3) is 0 Å². The van der Waals surface area contributed by atoms with E-state index in [1.807, 2.05) is 54.6 Å². The van der Waals surface area contributed by atoms with Crippen molar-refractivity contribution in [2.24, 2.45) is 11.8 Å². The standard InChI is InChI=1S/C26H29N3O5/c30-26(28-14-18-6-7-24-25(10-18)33-17-32-24)12-19-8-9-27-15-20(19)11-21-13-23(34-29-21)16-31-22-4-2-1-3-5-22/h1-7,10,13,19-20,27H,8-9,11-12,14-17H2,(H,28,30)/t19-,20+/m0/s1. The van der Waals surface area contributed by atoms with Gasteiger partial charge in [0.1, 0.15) is 12.4 Å². The molecule has 2 aromatic carbocycles. The molecule has 1 amide bonds. The zero-order chi connectivity index (χ0) is 23.2. The average molecular weight is 464 g/mol. The van der Waals surface area contributed by atoms with Gasteiger partial charge in [-0.15, -0.1) is 0 Å². The van der Waals surface area contributed by atoms with Crippen molar-refractivity contribution in [3.05, 3.63) is 71.6 Å². The molecule has 2 atom stereocenters. The molecular weight excluding hydrogens is 434 g/mol. The van der Waals surface area contributed by atoms with Gasteiger partial charge in [0.05, 0.1) is 5.69 Å². The number of para-hydroxylation sites is 1. The highest BCUT2D eigenvalue weighted by Gasteiger charge is 2.28. The number of aromatic nitrogens is 1. The van der Waals surface area contributed by atoms with Crippen LogP contribution in [0.25, 0.3) is 0 Å². The molecule has 3 aromatic rings. The predicted octanol–water partition coefficient (Wildman–Crippen LogP) is 3.46. The second-order valence-electron chi connectivity index (χ2n) is 8.77. The van der Waals surface area contributed by atoms with Crippen LogP contribution in [-0.4, -0.2) is 30.9 Å². The third-order valence-electron chi connectivity index (χ3n) is 6.34. The molecule has 2 aliphatic heterocycles. The molecule has 1 saturated heterocycles. The van der Waals surface area contributed by atoms with E-state index in [9.17, 15) is 4.79 Å². The van der Waals surface area contributed by atoms with E-state index >= 15 is 0 Å². The van der Waals surface area contributed by atoms with Crippen LogP contribution in [0.4, 0.5) is 0 Å². The third-order valence-corrected chi connectivity index (χ3v) is 6.34. The highest BCUT2D eigenvalue weighted by molar-refractivity contribution is 5.76. The molecule has 8 nitrogen and oxygen atoms in total. The van der Waals surface area contributed by atoms with Gasteiger partial charge in [-0.25, -0.2) is 0 Å². The zero-order valence-corrected chi connectivity index (χ0v) is 19.0. The average Bonchev–Trinajstić information content (AvgIpc) is 3.52. The van der Waals surface area contributed by atoms with Crippen LogP contribution < -0.4 is 24.8 Å². The van der Waals surface area contributed by atoms with Crippen LogP contribution in [0, 0.1) is 11.8 Å². The molecular formula is C26H29N3O5. The van der Waals surface area contributed by atoms with Crippen LogP contribution in [0.1, 0.15) is 29.9 Å². The van der Waals surface area contributed by atoms with Crippen molar-refractivity contribution in [2.75, 3.05) is 19.9 Å². The van der Waals surface area contributed by atoms with E-state index in [1.54, 1.807) is 0 Å². The second-order valence-corrected chi connectivity index (χ2v) is 8.77. The monoisotopic (exact) mass is 463 g/mol.